The number of hydrogen-bond donors (Lipinski definition) is 0. The number of aromatic nitrogens is 12. The second kappa shape index (κ2) is 32.7. The molecule has 6 rings (SSSR count). The highest BCUT2D eigenvalue weighted by Gasteiger charge is 2.02. The van der Waals surface area contributed by atoms with E-state index in [1.54, 1.807) is 0 Å². The van der Waals surface area contributed by atoms with Crippen LogP contribution in [0, 0.1) is 0 Å². The van der Waals surface area contributed by atoms with E-state index < -0.39 is 0 Å². The quantitative estimate of drug-likeness (QED) is 0.0881. The van der Waals surface area contributed by atoms with E-state index in [1.165, 1.54) is 107 Å². The summed E-state index contributed by atoms with van der Waals surface area (Å²) in [5.74, 6) is 0. The first kappa shape index (κ1) is 58.1. The molecule has 0 saturated heterocycles. The van der Waals surface area contributed by atoms with Crippen LogP contribution in [0.3, 0.4) is 0 Å². The first-order chi connectivity index (χ1) is 28.3. The Hall–Kier alpha value is 0.0600. The summed E-state index contributed by atoms with van der Waals surface area (Å²) in [6.45, 7) is 0. The lowest BCUT2D eigenvalue weighted by molar-refractivity contribution is 0.971. The van der Waals surface area contributed by atoms with Crippen molar-refractivity contribution in [2.24, 2.45) is 0 Å². The van der Waals surface area contributed by atoms with Gasteiger partial charge in [0.15, 0.2) is 30.9 Å². The predicted molar refractivity (Wildman–Crippen MR) is 263 cm³/mol. The summed E-state index contributed by atoms with van der Waals surface area (Å²) in [7, 11) is 0. The smallest absolute Gasteiger partial charge is 0.190 e. The maximum Gasteiger partial charge on any atom is 0.190 e. The van der Waals surface area contributed by atoms with E-state index in [0.29, 0.717) is 92.8 Å². The van der Waals surface area contributed by atoms with Gasteiger partial charge in [-0.25, -0.2) is 59.8 Å². The second-order valence-corrected chi connectivity index (χ2v) is 18.3. The van der Waals surface area contributed by atoms with Gasteiger partial charge in [-0.15, -0.1) is 0 Å². The summed E-state index contributed by atoms with van der Waals surface area (Å²) in [5.41, 5.74) is 0. The molecule has 0 atom stereocenters. The van der Waals surface area contributed by atoms with Gasteiger partial charge in [0.05, 0.1) is 0 Å². The Bertz CT molecular complexity index is 1720. The second-order valence-electron chi connectivity index (χ2n) is 9.00. The van der Waals surface area contributed by atoms with Gasteiger partial charge in [-0.3, -0.25) is 0 Å². The van der Waals surface area contributed by atoms with Crippen LogP contribution in [-0.4, -0.2) is 97.3 Å². The first-order valence-electron chi connectivity index (χ1n) is 14.8. The van der Waals surface area contributed by atoms with Crippen LogP contribution in [0.15, 0.2) is 67.3 Å². The summed E-state index contributed by atoms with van der Waals surface area (Å²) >= 11 is 75.4. The average Bonchev–Trinajstić information content (AvgIpc) is 3.16. The molecule has 6 heterocycles. The first-order valence-corrected chi connectivity index (χ1v) is 26.7. The van der Waals surface area contributed by atoms with Gasteiger partial charge in [-0.1, -0.05) is 210 Å². The van der Waals surface area contributed by atoms with E-state index >= 15 is 0 Å². The van der Waals surface area contributed by atoms with Crippen molar-refractivity contribution < 1.29 is 0 Å². The normalized spacial score (nSPS) is 9.90. The molecule has 0 fully saturated rings. The Morgan fingerprint density at radius 1 is 0.217 bits per heavy atom. The topological polar surface area (TPSA) is 155 Å². The van der Waals surface area contributed by atoms with Gasteiger partial charge in [-0.05, 0) is 37.5 Å². The number of rotatable bonds is 6. The molecule has 0 amide bonds. The zero-order valence-corrected chi connectivity index (χ0v) is 44.8. The van der Waals surface area contributed by atoms with E-state index in [-0.39, 0.29) is 0 Å². The Balaban J connectivity index is 0.000000360. The van der Waals surface area contributed by atoms with Crippen molar-refractivity contribution in [2.45, 2.75) is 30.9 Å². The third-order valence-corrected chi connectivity index (χ3v) is 10.6. The average molecular weight is 1170 g/mol. The maximum atomic E-state index is 5.58. The van der Waals surface area contributed by atoms with Crippen molar-refractivity contribution in [3.63, 3.8) is 0 Å². The van der Waals surface area contributed by atoms with E-state index in [2.05, 4.69) is 59.8 Å². The zero-order chi connectivity index (χ0) is 45.4. The molecule has 0 aliphatic rings. The fraction of sp³-hybridized carbons (Fsp3) is 0.200. The van der Waals surface area contributed by atoms with Gasteiger partial charge >= 0.3 is 0 Å². The van der Waals surface area contributed by atoms with Gasteiger partial charge in [0, 0.05) is 36.4 Å². The SMILES string of the molecule is CSc1nc(Cl)cc(Cl)n1.CSc1nc(Cl)cc(Cl)n1.CSc1nc(Cl)cc(Cl)n1.CSc1nc(Cl)cc(Cl)n1.CSc1nc(Cl)cc(Cl)n1.CSc1nc(Cl)cc(Cl)n1. The highest BCUT2D eigenvalue weighted by atomic mass is 35.5. The van der Waals surface area contributed by atoms with E-state index in [9.17, 15) is 0 Å². The molecule has 12 nitrogen and oxygen atoms in total. The van der Waals surface area contributed by atoms with Crippen LogP contribution in [0.4, 0.5) is 0 Å². The lowest BCUT2D eigenvalue weighted by Crippen LogP contribution is -1.85. The lowest BCUT2D eigenvalue weighted by atomic mass is 10.7. The molecule has 60 heavy (non-hydrogen) atoms. The largest absolute Gasteiger partial charge is 0.211 e. The van der Waals surface area contributed by atoms with Crippen molar-refractivity contribution in [3.8, 4) is 0 Å². The molecule has 0 bridgehead atoms. The molecule has 6 aromatic heterocycles. The van der Waals surface area contributed by atoms with E-state index in [0.717, 1.165) is 0 Å². The number of nitrogens with zero attached hydrogens (tertiary/aromatic N) is 12. The predicted octanol–water partition coefficient (Wildman–Crippen LogP) is 15.0. The Morgan fingerprint density at radius 3 is 0.367 bits per heavy atom. The fourth-order valence-corrected chi connectivity index (χ4v) is 8.18. The van der Waals surface area contributed by atoms with Crippen molar-refractivity contribution in [2.75, 3.05) is 37.5 Å². The molecule has 6 aromatic rings. The molecule has 324 valence electrons. The molecule has 0 aliphatic carbocycles. The minimum absolute atomic E-state index is 0.379. The van der Waals surface area contributed by atoms with Crippen molar-refractivity contribution in [3.05, 3.63) is 98.2 Å². The molecular weight excluding hydrogens is 1150 g/mol. The fourth-order valence-electron chi connectivity index (χ4n) is 2.77. The molecule has 0 unspecified atom stereocenters. The van der Waals surface area contributed by atoms with Crippen LogP contribution in [-0.2, 0) is 0 Å². The highest BCUT2D eigenvalue weighted by Crippen LogP contribution is 2.21. The summed E-state index contributed by atoms with van der Waals surface area (Å²) < 4.78 is 0. The summed E-state index contributed by atoms with van der Waals surface area (Å²) in [4.78, 5) is 46.6. The molecule has 0 spiro atoms. The lowest BCUT2D eigenvalue weighted by Gasteiger charge is -1.94. The van der Waals surface area contributed by atoms with Crippen LogP contribution in [0.25, 0.3) is 0 Å². The molecule has 0 N–H and O–H groups in total. The zero-order valence-electron chi connectivity index (χ0n) is 30.8. The molecule has 30 heteroatoms. The van der Waals surface area contributed by atoms with Gasteiger partial charge < -0.3 is 0 Å². The molecule has 0 radical (unpaired) electrons. The van der Waals surface area contributed by atoms with Crippen molar-refractivity contribution >= 4 is 210 Å². The molecule has 0 aromatic carbocycles. The summed E-state index contributed by atoms with van der Waals surface area (Å²) in [6, 6.07) is 9.02. The van der Waals surface area contributed by atoms with Crippen LogP contribution >= 0.6 is 210 Å². The van der Waals surface area contributed by atoms with E-state index in [1.807, 2.05) is 37.5 Å². The van der Waals surface area contributed by atoms with Crippen molar-refractivity contribution in [1.29, 1.82) is 0 Å². The number of thioether (sulfide) groups is 6. The Kier molecular flexibility index (Phi) is 31.6. The summed E-state index contributed by atoms with van der Waals surface area (Å²) in [6.07, 6.45) is 11.2. The minimum atomic E-state index is 0.379. The van der Waals surface area contributed by atoms with Gasteiger partial charge in [0.1, 0.15) is 61.8 Å². The highest BCUT2D eigenvalue weighted by molar-refractivity contribution is 7.99. The van der Waals surface area contributed by atoms with Crippen LogP contribution in [0.1, 0.15) is 0 Å². The number of halogens is 12. The minimum Gasteiger partial charge on any atom is -0.211 e. The molecule has 0 aliphatic heterocycles. The van der Waals surface area contributed by atoms with Crippen LogP contribution in [0.5, 0.6) is 0 Å². The monoisotopic (exact) mass is 1160 g/mol. The van der Waals surface area contributed by atoms with Crippen molar-refractivity contribution in [1.82, 2.24) is 59.8 Å². The third-order valence-electron chi connectivity index (χ3n) is 4.95. The van der Waals surface area contributed by atoms with E-state index in [4.69, 9.17) is 139 Å². The maximum absolute atomic E-state index is 5.58. The van der Waals surface area contributed by atoms with Crippen LogP contribution in [0.2, 0.25) is 61.8 Å². The van der Waals surface area contributed by atoms with Gasteiger partial charge in [-0.2, -0.15) is 0 Å². The molecule has 0 saturated carbocycles. The third kappa shape index (κ3) is 26.8. The number of hydrogen-bond acceptors (Lipinski definition) is 18. The summed E-state index contributed by atoms with van der Waals surface area (Å²) in [5, 5.41) is 8.12. The Morgan fingerprint density at radius 2 is 0.300 bits per heavy atom. The Labute approximate surface area is 431 Å². The standard InChI is InChI=1S/6C5H4Cl2N2S/c6*1-10-5-8-3(6)2-4(7)9-5/h6*2H,1H3. The van der Waals surface area contributed by atoms with Gasteiger partial charge in [0.2, 0.25) is 0 Å². The molecular formula is C30H24Cl12N12S6. The van der Waals surface area contributed by atoms with Gasteiger partial charge in [0.25, 0.3) is 0 Å². The van der Waals surface area contributed by atoms with Crippen LogP contribution < -0.4 is 0 Å².